The molecule has 7 nitrogen and oxygen atoms in total. The van der Waals surface area contributed by atoms with E-state index >= 15 is 0 Å². The van der Waals surface area contributed by atoms with Crippen molar-refractivity contribution in [3.8, 4) is 0 Å². The summed E-state index contributed by atoms with van der Waals surface area (Å²) >= 11 is 0. The summed E-state index contributed by atoms with van der Waals surface area (Å²) < 4.78 is 32.6. The van der Waals surface area contributed by atoms with Crippen molar-refractivity contribution in [3.63, 3.8) is 0 Å². The van der Waals surface area contributed by atoms with E-state index in [-0.39, 0.29) is 16.7 Å². The van der Waals surface area contributed by atoms with Crippen molar-refractivity contribution in [2.75, 3.05) is 26.2 Å². The number of amides is 1. The zero-order valence-electron chi connectivity index (χ0n) is 14.1. The molecule has 1 amide bonds. The van der Waals surface area contributed by atoms with Crippen molar-refractivity contribution in [2.24, 2.45) is 5.92 Å². The van der Waals surface area contributed by atoms with Gasteiger partial charge >= 0.3 is 0 Å². The molecule has 1 aromatic carbocycles. The molecule has 0 atom stereocenters. The highest BCUT2D eigenvalue weighted by molar-refractivity contribution is 7.89. The molecule has 0 radical (unpaired) electrons. The molecule has 2 fully saturated rings. The van der Waals surface area contributed by atoms with Crippen LogP contribution in [-0.2, 0) is 14.8 Å². The summed E-state index contributed by atoms with van der Waals surface area (Å²) in [7, 11) is -3.59. The van der Waals surface area contributed by atoms with Crippen LogP contribution < -0.4 is 0 Å². The number of oxazole rings is 1. The molecule has 2 aliphatic rings. The van der Waals surface area contributed by atoms with Gasteiger partial charge in [0, 0.05) is 39.0 Å². The molecule has 0 bridgehead atoms. The van der Waals surface area contributed by atoms with Crippen LogP contribution in [0.2, 0.25) is 0 Å². The molecule has 0 spiro atoms. The Morgan fingerprint density at radius 3 is 2.56 bits per heavy atom. The van der Waals surface area contributed by atoms with Crippen molar-refractivity contribution in [1.29, 1.82) is 0 Å². The van der Waals surface area contributed by atoms with Gasteiger partial charge in [0.15, 0.2) is 11.5 Å². The van der Waals surface area contributed by atoms with E-state index < -0.39 is 10.0 Å². The molecule has 2 aromatic rings. The van der Waals surface area contributed by atoms with E-state index in [1.165, 1.54) is 4.31 Å². The average Bonchev–Trinajstić information content (AvgIpc) is 2.92. The summed E-state index contributed by atoms with van der Waals surface area (Å²) in [5.41, 5.74) is 1.12. The molecule has 1 aromatic heterocycles. The first-order valence-corrected chi connectivity index (χ1v) is 10.1. The molecule has 1 aliphatic heterocycles. The third kappa shape index (κ3) is 2.93. The second kappa shape index (κ2) is 6.10. The SMILES string of the molecule is Cc1nc2cc(S(=O)(=O)N3CCN(C(=O)C4CCC4)CC3)ccc2o1. The van der Waals surface area contributed by atoms with Gasteiger partial charge in [-0.2, -0.15) is 4.31 Å². The Hall–Kier alpha value is -1.93. The van der Waals surface area contributed by atoms with Gasteiger partial charge in [0.2, 0.25) is 15.9 Å². The molecule has 1 saturated carbocycles. The summed E-state index contributed by atoms with van der Waals surface area (Å²) in [6, 6.07) is 4.74. The molecular weight excluding hydrogens is 342 g/mol. The number of sulfonamides is 1. The third-order valence-electron chi connectivity index (χ3n) is 5.11. The van der Waals surface area contributed by atoms with Crippen LogP contribution in [0.25, 0.3) is 11.1 Å². The quantitative estimate of drug-likeness (QED) is 0.830. The Morgan fingerprint density at radius 1 is 1.20 bits per heavy atom. The van der Waals surface area contributed by atoms with Crippen LogP contribution in [0.15, 0.2) is 27.5 Å². The maximum Gasteiger partial charge on any atom is 0.243 e. The van der Waals surface area contributed by atoms with E-state index in [0.717, 1.165) is 19.3 Å². The van der Waals surface area contributed by atoms with Gasteiger partial charge in [-0.1, -0.05) is 6.42 Å². The number of hydrogen-bond donors (Lipinski definition) is 0. The van der Waals surface area contributed by atoms with E-state index in [4.69, 9.17) is 4.42 Å². The number of fused-ring (bicyclic) bond motifs is 1. The van der Waals surface area contributed by atoms with Gasteiger partial charge in [-0.05, 0) is 31.0 Å². The van der Waals surface area contributed by atoms with Crippen molar-refractivity contribution in [2.45, 2.75) is 31.1 Å². The number of piperazine rings is 1. The first kappa shape index (κ1) is 16.5. The summed E-state index contributed by atoms with van der Waals surface area (Å²) in [4.78, 5) is 18.5. The second-order valence-corrected chi connectivity index (χ2v) is 8.66. The maximum absolute atomic E-state index is 12.9. The van der Waals surface area contributed by atoms with Gasteiger partial charge in [-0.15, -0.1) is 0 Å². The van der Waals surface area contributed by atoms with Crippen LogP contribution >= 0.6 is 0 Å². The summed E-state index contributed by atoms with van der Waals surface area (Å²) in [6.45, 7) is 3.31. The largest absolute Gasteiger partial charge is 0.441 e. The number of benzene rings is 1. The lowest BCUT2D eigenvalue weighted by molar-refractivity contribution is -0.139. The summed E-state index contributed by atoms with van der Waals surface area (Å²) in [5, 5.41) is 0. The van der Waals surface area contributed by atoms with Crippen LogP contribution in [0.4, 0.5) is 0 Å². The molecule has 0 unspecified atom stereocenters. The minimum absolute atomic E-state index is 0.154. The van der Waals surface area contributed by atoms with Crippen molar-refractivity contribution < 1.29 is 17.6 Å². The number of hydrogen-bond acceptors (Lipinski definition) is 5. The fourth-order valence-corrected chi connectivity index (χ4v) is 4.84. The number of aryl methyl sites for hydroxylation is 1. The Balaban J connectivity index is 1.49. The zero-order chi connectivity index (χ0) is 17.6. The van der Waals surface area contributed by atoms with E-state index in [1.54, 1.807) is 30.0 Å². The van der Waals surface area contributed by atoms with Crippen LogP contribution in [-0.4, -0.2) is 54.7 Å². The highest BCUT2D eigenvalue weighted by Gasteiger charge is 2.34. The topological polar surface area (TPSA) is 83.7 Å². The Labute approximate surface area is 146 Å². The van der Waals surface area contributed by atoms with Crippen molar-refractivity contribution in [3.05, 3.63) is 24.1 Å². The Kier molecular flexibility index (Phi) is 4.04. The minimum Gasteiger partial charge on any atom is -0.441 e. The molecule has 8 heteroatoms. The van der Waals surface area contributed by atoms with E-state index in [9.17, 15) is 13.2 Å². The molecule has 4 rings (SSSR count). The number of nitrogens with zero attached hydrogens (tertiary/aromatic N) is 3. The second-order valence-electron chi connectivity index (χ2n) is 6.72. The normalized spacial score (nSPS) is 20.0. The van der Waals surface area contributed by atoms with Crippen LogP contribution in [0.3, 0.4) is 0 Å². The fraction of sp³-hybridized carbons (Fsp3) is 0.529. The standard InChI is InChI=1S/C17H21N3O4S/c1-12-18-15-11-14(5-6-16(15)24-12)25(22,23)20-9-7-19(8-10-20)17(21)13-3-2-4-13/h5-6,11,13H,2-4,7-10H2,1H3. The highest BCUT2D eigenvalue weighted by Crippen LogP contribution is 2.29. The average molecular weight is 363 g/mol. The lowest BCUT2D eigenvalue weighted by Gasteiger charge is -2.37. The number of rotatable bonds is 3. The van der Waals surface area contributed by atoms with E-state index in [1.807, 2.05) is 0 Å². The summed E-state index contributed by atoms with van der Waals surface area (Å²) in [5.74, 6) is 0.844. The number of aromatic nitrogens is 1. The molecule has 0 N–H and O–H groups in total. The predicted molar refractivity (Wildman–Crippen MR) is 91.4 cm³/mol. The molecule has 1 aliphatic carbocycles. The van der Waals surface area contributed by atoms with Gasteiger partial charge in [0.05, 0.1) is 4.90 Å². The van der Waals surface area contributed by atoms with Gasteiger partial charge < -0.3 is 9.32 Å². The number of carbonyl (C=O) groups is 1. The van der Waals surface area contributed by atoms with Crippen LogP contribution in [0, 0.1) is 12.8 Å². The lowest BCUT2D eigenvalue weighted by Crippen LogP contribution is -2.52. The highest BCUT2D eigenvalue weighted by atomic mass is 32.2. The summed E-state index contributed by atoms with van der Waals surface area (Å²) in [6.07, 6.45) is 3.05. The van der Waals surface area contributed by atoms with Crippen LogP contribution in [0.5, 0.6) is 0 Å². The van der Waals surface area contributed by atoms with Crippen LogP contribution in [0.1, 0.15) is 25.2 Å². The Bertz CT molecular complexity index is 909. The zero-order valence-corrected chi connectivity index (χ0v) is 15.0. The predicted octanol–water partition coefficient (Wildman–Crippen LogP) is 1.77. The first-order chi connectivity index (χ1) is 11.9. The first-order valence-electron chi connectivity index (χ1n) is 8.61. The van der Waals surface area contributed by atoms with Gasteiger partial charge in [0.25, 0.3) is 0 Å². The van der Waals surface area contributed by atoms with Gasteiger partial charge in [0.1, 0.15) is 5.52 Å². The molecular formula is C17H21N3O4S. The molecule has 25 heavy (non-hydrogen) atoms. The maximum atomic E-state index is 12.9. The Morgan fingerprint density at radius 2 is 1.92 bits per heavy atom. The molecule has 134 valence electrons. The van der Waals surface area contributed by atoms with E-state index in [0.29, 0.717) is 43.2 Å². The molecule has 1 saturated heterocycles. The molecule has 2 heterocycles. The van der Waals surface area contributed by atoms with Gasteiger partial charge in [-0.25, -0.2) is 13.4 Å². The van der Waals surface area contributed by atoms with E-state index in [2.05, 4.69) is 4.98 Å². The fourth-order valence-electron chi connectivity index (χ4n) is 3.39. The smallest absolute Gasteiger partial charge is 0.243 e. The van der Waals surface area contributed by atoms with Crippen molar-refractivity contribution >= 4 is 27.0 Å². The van der Waals surface area contributed by atoms with Gasteiger partial charge in [-0.3, -0.25) is 4.79 Å². The lowest BCUT2D eigenvalue weighted by atomic mass is 9.84. The third-order valence-corrected chi connectivity index (χ3v) is 7.00. The van der Waals surface area contributed by atoms with Crippen molar-refractivity contribution in [1.82, 2.24) is 14.2 Å². The number of carbonyl (C=O) groups excluding carboxylic acids is 1. The monoisotopic (exact) mass is 363 g/mol. The minimum atomic E-state index is -3.59.